The molecule has 27 heavy (non-hydrogen) atoms. The van der Waals surface area contributed by atoms with E-state index < -0.39 is 6.10 Å². The molecule has 0 saturated carbocycles. The quantitative estimate of drug-likeness (QED) is 0.836. The maximum Gasteiger partial charge on any atom is 0.267 e. The molecule has 0 unspecified atom stereocenters. The number of likely N-dealkylation sites (tertiary alicyclic amines) is 1. The Balaban J connectivity index is 1.47. The lowest BCUT2D eigenvalue weighted by atomic mass is 10.1. The number of benzene rings is 1. The van der Waals surface area contributed by atoms with E-state index in [0.717, 1.165) is 30.6 Å². The van der Waals surface area contributed by atoms with Crippen molar-refractivity contribution < 1.29 is 14.3 Å². The third kappa shape index (κ3) is 3.39. The van der Waals surface area contributed by atoms with Crippen LogP contribution in [-0.2, 0) is 9.59 Å². The average molecular weight is 365 g/mol. The Morgan fingerprint density at radius 2 is 2.00 bits per heavy atom. The van der Waals surface area contributed by atoms with E-state index in [-0.39, 0.29) is 17.9 Å². The van der Waals surface area contributed by atoms with Crippen LogP contribution < -0.4 is 9.64 Å². The molecule has 2 aliphatic rings. The lowest BCUT2D eigenvalue weighted by Crippen LogP contribution is -2.46. The van der Waals surface area contributed by atoms with Crippen LogP contribution >= 0.6 is 0 Å². The SMILES string of the molecule is C[C@@H]1Oc2ccccc2N(CCC(=O)N2CCC[C@H]2c2ccncc2)C1=O. The molecule has 1 saturated heterocycles. The summed E-state index contributed by atoms with van der Waals surface area (Å²) in [4.78, 5) is 33.2. The summed E-state index contributed by atoms with van der Waals surface area (Å²) in [5.41, 5.74) is 1.86. The van der Waals surface area contributed by atoms with E-state index in [1.165, 1.54) is 0 Å². The number of hydrogen-bond acceptors (Lipinski definition) is 4. The highest BCUT2D eigenvalue weighted by Gasteiger charge is 2.33. The Morgan fingerprint density at radius 3 is 2.81 bits per heavy atom. The van der Waals surface area contributed by atoms with Gasteiger partial charge in [-0.2, -0.15) is 0 Å². The molecule has 0 bridgehead atoms. The molecule has 0 spiro atoms. The van der Waals surface area contributed by atoms with Crippen molar-refractivity contribution in [1.82, 2.24) is 9.88 Å². The van der Waals surface area contributed by atoms with Crippen LogP contribution in [0, 0.1) is 0 Å². The summed E-state index contributed by atoms with van der Waals surface area (Å²) in [7, 11) is 0. The van der Waals surface area contributed by atoms with Crippen LogP contribution in [-0.4, -0.2) is 40.9 Å². The molecule has 6 nitrogen and oxygen atoms in total. The molecule has 1 aromatic carbocycles. The van der Waals surface area contributed by atoms with Crippen LogP contribution in [0.15, 0.2) is 48.8 Å². The molecule has 1 aromatic heterocycles. The second-order valence-corrected chi connectivity index (χ2v) is 6.99. The van der Waals surface area contributed by atoms with Gasteiger partial charge in [-0.1, -0.05) is 12.1 Å². The maximum atomic E-state index is 12.9. The molecule has 0 N–H and O–H groups in total. The number of nitrogens with zero attached hydrogens (tertiary/aromatic N) is 3. The number of aromatic nitrogens is 1. The van der Waals surface area contributed by atoms with Crippen molar-refractivity contribution in [3.8, 4) is 5.75 Å². The van der Waals surface area contributed by atoms with Gasteiger partial charge in [0.05, 0.1) is 11.7 Å². The van der Waals surface area contributed by atoms with Crippen molar-refractivity contribution in [2.75, 3.05) is 18.0 Å². The number of carbonyl (C=O) groups excluding carboxylic acids is 2. The maximum absolute atomic E-state index is 12.9. The number of pyridine rings is 1. The minimum Gasteiger partial charge on any atom is -0.479 e. The topological polar surface area (TPSA) is 62.7 Å². The Kier molecular flexibility index (Phi) is 4.79. The van der Waals surface area contributed by atoms with Crippen molar-refractivity contribution in [2.45, 2.75) is 38.3 Å². The zero-order valence-corrected chi connectivity index (χ0v) is 15.4. The number of para-hydroxylation sites is 2. The van der Waals surface area contributed by atoms with E-state index in [1.807, 2.05) is 41.3 Å². The molecular weight excluding hydrogens is 342 g/mol. The predicted molar refractivity (Wildman–Crippen MR) is 101 cm³/mol. The molecule has 140 valence electrons. The monoisotopic (exact) mass is 365 g/mol. The first-order chi connectivity index (χ1) is 13.1. The van der Waals surface area contributed by atoms with Crippen molar-refractivity contribution in [3.63, 3.8) is 0 Å². The number of carbonyl (C=O) groups is 2. The van der Waals surface area contributed by atoms with Crippen molar-refractivity contribution in [1.29, 1.82) is 0 Å². The highest BCUT2D eigenvalue weighted by molar-refractivity contribution is 6.00. The number of fused-ring (bicyclic) bond motifs is 1. The standard InChI is InChI=1S/C21H23N3O3/c1-15-21(26)24(18-5-2-3-7-19(18)27-15)14-10-20(25)23-13-4-6-17(23)16-8-11-22-12-9-16/h2-3,5,7-9,11-12,15,17H,4,6,10,13-14H2,1H3/t15-,17-/m0/s1. The molecule has 0 radical (unpaired) electrons. The summed E-state index contributed by atoms with van der Waals surface area (Å²) < 4.78 is 5.66. The third-order valence-corrected chi connectivity index (χ3v) is 5.29. The van der Waals surface area contributed by atoms with Crippen molar-refractivity contribution in [3.05, 3.63) is 54.4 Å². The fourth-order valence-electron chi connectivity index (χ4n) is 3.94. The van der Waals surface area contributed by atoms with Crippen molar-refractivity contribution >= 4 is 17.5 Å². The van der Waals surface area contributed by atoms with Crippen LogP contribution in [0.5, 0.6) is 5.75 Å². The van der Waals surface area contributed by atoms with E-state index in [1.54, 1.807) is 24.2 Å². The zero-order valence-electron chi connectivity index (χ0n) is 15.4. The van der Waals surface area contributed by atoms with E-state index in [9.17, 15) is 9.59 Å². The summed E-state index contributed by atoms with van der Waals surface area (Å²) in [6.45, 7) is 2.87. The zero-order chi connectivity index (χ0) is 18.8. The van der Waals surface area contributed by atoms with Gasteiger partial charge in [-0.15, -0.1) is 0 Å². The van der Waals surface area contributed by atoms with E-state index >= 15 is 0 Å². The van der Waals surface area contributed by atoms with Gasteiger partial charge < -0.3 is 14.5 Å². The van der Waals surface area contributed by atoms with Crippen LogP contribution in [0.3, 0.4) is 0 Å². The number of anilines is 1. The first-order valence-electron chi connectivity index (χ1n) is 9.41. The van der Waals surface area contributed by atoms with Gasteiger partial charge >= 0.3 is 0 Å². The molecule has 6 heteroatoms. The van der Waals surface area contributed by atoms with Gasteiger partial charge in [0.15, 0.2) is 6.10 Å². The predicted octanol–water partition coefficient (Wildman–Crippen LogP) is 2.95. The largest absolute Gasteiger partial charge is 0.479 e. The number of hydrogen-bond donors (Lipinski definition) is 0. The highest BCUT2D eigenvalue weighted by Crippen LogP contribution is 2.35. The molecule has 1 fully saturated rings. The first-order valence-corrected chi connectivity index (χ1v) is 9.41. The second kappa shape index (κ2) is 7.39. The average Bonchev–Trinajstić information content (AvgIpc) is 3.19. The second-order valence-electron chi connectivity index (χ2n) is 6.99. The van der Waals surface area contributed by atoms with Gasteiger partial charge in [0.25, 0.3) is 5.91 Å². The Labute approximate surface area is 158 Å². The summed E-state index contributed by atoms with van der Waals surface area (Å²) in [5.74, 6) is 0.667. The van der Waals surface area contributed by atoms with Crippen molar-refractivity contribution in [2.24, 2.45) is 0 Å². The van der Waals surface area contributed by atoms with Gasteiger partial charge in [-0.3, -0.25) is 14.6 Å². The van der Waals surface area contributed by atoms with Gasteiger partial charge in [0.2, 0.25) is 5.91 Å². The lowest BCUT2D eigenvalue weighted by Gasteiger charge is -2.33. The van der Waals surface area contributed by atoms with E-state index in [2.05, 4.69) is 4.98 Å². The van der Waals surface area contributed by atoms with Gasteiger partial charge in [-0.25, -0.2) is 0 Å². The van der Waals surface area contributed by atoms with E-state index in [4.69, 9.17) is 4.74 Å². The number of amides is 2. The summed E-state index contributed by atoms with van der Waals surface area (Å²) in [6.07, 6.45) is 5.25. The minimum absolute atomic E-state index is 0.0822. The summed E-state index contributed by atoms with van der Waals surface area (Å²) in [6, 6.07) is 11.5. The lowest BCUT2D eigenvalue weighted by molar-refractivity contribution is -0.132. The normalized spacial score (nSPS) is 21.7. The molecule has 2 amide bonds. The Morgan fingerprint density at radius 1 is 1.22 bits per heavy atom. The Hall–Kier alpha value is -2.89. The molecule has 4 rings (SSSR count). The van der Waals surface area contributed by atoms with Crippen LogP contribution in [0.2, 0.25) is 0 Å². The highest BCUT2D eigenvalue weighted by atomic mass is 16.5. The fourth-order valence-corrected chi connectivity index (χ4v) is 3.94. The third-order valence-electron chi connectivity index (χ3n) is 5.29. The summed E-state index contributed by atoms with van der Waals surface area (Å²) >= 11 is 0. The first kappa shape index (κ1) is 17.5. The fraction of sp³-hybridized carbons (Fsp3) is 0.381. The molecule has 2 aromatic rings. The molecule has 3 heterocycles. The molecular formula is C21H23N3O3. The van der Waals surface area contributed by atoms with E-state index in [0.29, 0.717) is 18.7 Å². The van der Waals surface area contributed by atoms with Gasteiger partial charge in [-0.05, 0) is 49.6 Å². The molecule has 0 aliphatic carbocycles. The van der Waals surface area contributed by atoms with Crippen LogP contribution in [0.25, 0.3) is 0 Å². The smallest absolute Gasteiger partial charge is 0.267 e. The molecule has 2 aliphatic heterocycles. The number of rotatable bonds is 4. The molecule has 2 atom stereocenters. The Bertz CT molecular complexity index is 840. The van der Waals surface area contributed by atoms with Gasteiger partial charge in [0.1, 0.15) is 5.75 Å². The number of ether oxygens (including phenoxy) is 1. The van der Waals surface area contributed by atoms with Gasteiger partial charge in [0, 0.05) is 31.9 Å². The van der Waals surface area contributed by atoms with Crippen LogP contribution in [0.1, 0.15) is 37.8 Å². The summed E-state index contributed by atoms with van der Waals surface area (Å²) in [5, 5.41) is 0. The minimum atomic E-state index is -0.536. The van der Waals surface area contributed by atoms with Crippen LogP contribution in [0.4, 0.5) is 5.69 Å².